The maximum atomic E-state index is 12.9. The van der Waals surface area contributed by atoms with E-state index in [0.29, 0.717) is 87.3 Å². The third-order valence-electron chi connectivity index (χ3n) is 19.3. The number of anilines is 1. The maximum absolute atomic E-state index is 12.9. The summed E-state index contributed by atoms with van der Waals surface area (Å²) in [6.07, 6.45) is 17.7. The normalized spacial score (nSPS) is 10.9. The van der Waals surface area contributed by atoms with Crippen LogP contribution in [0.1, 0.15) is 74.0 Å². The molecule has 0 spiro atoms. The van der Waals surface area contributed by atoms with Gasteiger partial charge in [0.2, 0.25) is 0 Å². The van der Waals surface area contributed by atoms with Crippen LogP contribution >= 0.6 is 11.6 Å². The average molecular weight is 1640 g/mol. The minimum atomic E-state index is -0.299. The molecule has 20 rings (SSSR count). The molecule has 0 bridgehead atoms. The van der Waals surface area contributed by atoms with Crippen molar-refractivity contribution >= 4 is 102 Å². The summed E-state index contributed by atoms with van der Waals surface area (Å²) in [7, 11) is 0. The predicted octanol–water partition coefficient (Wildman–Crippen LogP) is 15.6. The van der Waals surface area contributed by atoms with E-state index < -0.39 is 0 Å². The summed E-state index contributed by atoms with van der Waals surface area (Å²) in [4.78, 5) is 98.0. The summed E-state index contributed by atoms with van der Waals surface area (Å²) < 4.78 is 12.9. The lowest BCUT2D eigenvalue weighted by atomic mass is 10.1. The van der Waals surface area contributed by atoms with Gasteiger partial charge in [-0.25, -0.2) is 29.3 Å². The van der Waals surface area contributed by atoms with E-state index >= 15 is 0 Å². The number of fused-ring (bicyclic) bond motifs is 5. The molecule has 30 nitrogen and oxygen atoms in total. The fraction of sp³-hybridized carbons (Fsp3) is 0.0556. The molecule has 0 aliphatic carbocycles. The predicted molar refractivity (Wildman–Crippen MR) is 463 cm³/mol. The number of benzene rings is 5. The van der Waals surface area contributed by atoms with Gasteiger partial charge in [-0.2, -0.15) is 25.5 Å². The molecule has 0 unspecified atom stereocenters. The second kappa shape index (κ2) is 37.4. The fourth-order valence-corrected chi connectivity index (χ4v) is 13.2. The molecule has 5 amide bonds. The van der Waals surface area contributed by atoms with Gasteiger partial charge >= 0.3 is 0 Å². The highest BCUT2D eigenvalue weighted by molar-refractivity contribution is 6.30. The van der Waals surface area contributed by atoms with E-state index in [1.54, 1.807) is 110 Å². The second-order valence-electron chi connectivity index (χ2n) is 27.5. The van der Waals surface area contributed by atoms with Crippen molar-refractivity contribution in [3.8, 4) is 56.9 Å². The van der Waals surface area contributed by atoms with Gasteiger partial charge in [0, 0.05) is 126 Å². The summed E-state index contributed by atoms with van der Waals surface area (Å²) in [5.41, 5.74) is 18.8. The third kappa shape index (κ3) is 19.1. The zero-order valence-corrected chi connectivity index (χ0v) is 65.3. The van der Waals surface area contributed by atoms with E-state index in [-0.39, 0.29) is 35.4 Å². The van der Waals surface area contributed by atoms with Crippen LogP contribution in [-0.4, -0.2) is 137 Å². The van der Waals surface area contributed by atoms with Crippen molar-refractivity contribution in [2.75, 3.05) is 11.9 Å². The Morgan fingerprint density at radius 3 is 0.910 bits per heavy atom. The number of carbonyl (C=O) groups is 5. The van der Waals surface area contributed by atoms with E-state index in [2.05, 4.69) is 140 Å². The zero-order chi connectivity index (χ0) is 83.5. The van der Waals surface area contributed by atoms with Crippen molar-refractivity contribution in [1.29, 1.82) is 0 Å². The molecule has 0 atom stereocenters. The first-order valence-electron chi connectivity index (χ1n) is 38.3. The molecule has 5 aromatic carbocycles. The Bertz CT molecular complexity index is 6790. The van der Waals surface area contributed by atoms with Gasteiger partial charge in [0.1, 0.15) is 5.82 Å². The monoisotopic (exact) mass is 1640 g/mol. The topological polar surface area (TPSA) is 432 Å². The smallest absolute Gasteiger partial charge is 0.257 e. The summed E-state index contributed by atoms with van der Waals surface area (Å²) >= 11 is 5.86. The number of para-hydroxylation sites is 1. The summed E-state index contributed by atoms with van der Waals surface area (Å²) in [5.74, 6) is -1.05. The quantitative estimate of drug-likeness (QED) is 0.0337. The van der Waals surface area contributed by atoms with E-state index in [9.17, 15) is 28.4 Å². The number of amides is 5. The second-order valence-corrected chi connectivity index (χ2v) is 27.9. The van der Waals surface area contributed by atoms with Crippen LogP contribution in [0.5, 0.6) is 0 Å². The molecule has 15 aromatic heterocycles. The number of nitrogens with zero attached hydrogens (tertiary/aromatic N) is 10. The van der Waals surface area contributed by atoms with Crippen molar-refractivity contribution in [2.24, 2.45) is 0 Å². The lowest BCUT2D eigenvalue weighted by Crippen LogP contribution is -2.25. The van der Waals surface area contributed by atoms with Gasteiger partial charge < -0.3 is 51.5 Å². The number of aromatic nitrogens is 20. The van der Waals surface area contributed by atoms with Crippen LogP contribution in [0, 0.1) is 5.82 Å². The standard InChI is InChI=1S/C19H17N5O.C18H14ClN5O.C18H14FN5O.C18H15N5O.C17H13N5O/c25-19(21-10-8-13-5-2-1-3-6-13)14-11-16(22-12-14)17-15-7-4-9-20-18(15)24-23-17;2*19-13-5-3-11(4-6-13)9-22-18(25)12-8-15(21-10-12)16-14-2-1-7-20-17(14)24-23-16;24-18(21-10-12-5-2-1-3-6-12)13-9-15(20-11-13)16-14-7-4-8-19-17(14)23-22-16;23-17(20-12-5-2-1-3-6-12)11-9-14(19-10-11)15-13-7-4-8-18-16(13)22-21-15/h1-7,9,11-12,22H,8,10H2,(H,21,25)(H,20,23,24);2*1-8,10,21H,9H2,(H,22,25)(H,20,23,24);1-9,11,20H,10H2,(H,21,24)(H,19,22,23);1-10,19H,(H,20,23)(H,18,21,22). The zero-order valence-electron chi connectivity index (χ0n) is 64.5. The number of pyridine rings is 5. The first-order valence-corrected chi connectivity index (χ1v) is 38.7. The minimum absolute atomic E-state index is 0.0969. The molecule has 0 saturated carbocycles. The first kappa shape index (κ1) is 79.0. The highest BCUT2D eigenvalue weighted by Gasteiger charge is 2.20. The molecule has 15 heterocycles. The van der Waals surface area contributed by atoms with Crippen LogP contribution < -0.4 is 26.6 Å². The molecule has 0 aliphatic heterocycles. The summed E-state index contributed by atoms with van der Waals surface area (Å²) in [5, 5.41) is 55.2. The highest BCUT2D eigenvalue weighted by atomic mass is 35.5. The van der Waals surface area contributed by atoms with Crippen molar-refractivity contribution in [3.05, 3.63) is 353 Å². The number of halogens is 2. The van der Waals surface area contributed by atoms with Crippen molar-refractivity contribution < 1.29 is 28.4 Å². The Labute approximate surface area is 696 Å². The Morgan fingerprint density at radius 1 is 0.303 bits per heavy atom. The molecule has 0 radical (unpaired) electrons. The number of nitrogens with one attached hydrogen (secondary N) is 15. The molecular weight excluding hydrogens is 1570 g/mol. The van der Waals surface area contributed by atoms with Crippen molar-refractivity contribution in [2.45, 2.75) is 26.1 Å². The van der Waals surface area contributed by atoms with Crippen LogP contribution in [0.15, 0.2) is 292 Å². The van der Waals surface area contributed by atoms with E-state index in [1.165, 1.54) is 17.7 Å². The van der Waals surface area contributed by atoms with Crippen LogP contribution in [0.4, 0.5) is 10.1 Å². The molecule has 0 aliphatic rings. The fourth-order valence-electron chi connectivity index (χ4n) is 13.1. The van der Waals surface area contributed by atoms with Crippen molar-refractivity contribution in [1.82, 2.24) is 122 Å². The van der Waals surface area contributed by atoms with Crippen molar-refractivity contribution in [3.63, 3.8) is 0 Å². The molecule has 32 heteroatoms. The molecular formula is C90H73ClFN25O5. The minimum Gasteiger partial charge on any atom is -0.359 e. The van der Waals surface area contributed by atoms with Gasteiger partial charge in [-0.1, -0.05) is 115 Å². The average Bonchev–Trinajstić information content (AvgIpc) is 1.68. The van der Waals surface area contributed by atoms with Gasteiger partial charge in [0.15, 0.2) is 28.2 Å². The molecule has 15 N–H and O–H groups in total. The molecule has 0 fully saturated rings. The van der Waals surface area contributed by atoms with Crippen LogP contribution in [-0.2, 0) is 26.1 Å². The van der Waals surface area contributed by atoms with Gasteiger partial charge in [-0.3, -0.25) is 49.5 Å². The number of carbonyl (C=O) groups excluding carboxylic acids is 5. The van der Waals surface area contributed by atoms with E-state index in [1.807, 2.05) is 158 Å². The number of hydrogen-bond donors (Lipinski definition) is 15. The van der Waals surface area contributed by atoms with Crippen LogP contribution in [0.25, 0.3) is 112 Å². The molecule has 602 valence electrons. The molecule has 122 heavy (non-hydrogen) atoms. The lowest BCUT2D eigenvalue weighted by molar-refractivity contribution is 0.0943. The summed E-state index contributed by atoms with van der Waals surface area (Å²) in [6.45, 7) is 1.86. The SMILES string of the molecule is O=C(NCCc1ccccc1)c1c[nH]c(-c2[nH]nc3ncccc23)c1.O=C(NCc1ccc(Cl)cc1)c1c[nH]c(-c2[nH]nc3ncccc23)c1.O=C(NCc1ccc(F)cc1)c1c[nH]c(-c2[nH]nc3ncccc23)c1.O=C(NCc1ccccc1)c1c[nH]c(-c2[nH]nc3ncccc23)c1.O=C(Nc1ccccc1)c1c[nH]c(-c2[nH]nc3ncccc23)c1. The van der Waals surface area contributed by atoms with Gasteiger partial charge in [0.25, 0.3) is 29.5 Å². The first-order chi connectivity index (χ1) is 59.8. The highest BCUT2D eigenvalue weighted by Crippen LogP contribution is 2.31. The third-order valence-corrected chi connectivity index (χ3v) is 19.6. The maximum Gasteiger partial charge on any atom is 0.257 e. The lowest BCUT2D eigenvalue weighted by Gasteiger charge is -2.03. The largest absolute Gasteiger partial charge is 0.359 e. The number of rotatable bonds is 20. The Morgan fingerprint density at radius 2 is 0.582 bits per heavy atom. The molecule has 0 saturated heterocycles. The number of aromatic amines is 10. The van der Waals surface area contributed by atoms with Gasteiger partial charge in [0.05, 0.1) is 84.8 Å². The summed E-state index contributed by atoms with van der Waals surface area (Å²) in [6, 6.07) is 70.5. The Hall–Kier alpha value is -16.8. The van der Waals surface area contributed by atoms with Gasteiger partial charge in [-0.05, 0) is 156 Å². The number of H-pyrrole nitrogens is 10. The van der Waals surface area contributed by atoms with Gasteiger partial charge in [-0.15, -0.1) is 0 Å². The van der Waals surface area contributed by atoms with E-state index in [0.717, 1.165) is 113 Å². The number of hydrogen-bond acceptors (Lipinski definition) is 15. The molecule has 20 aromatic rings. The van der Waals surface area contributed by atoms with E-state index in [4.69, 9.17) is 11.6 Å². The Balaban J connectivity index is 0.000000113. The Kier molecular flexibility index (Phi) is 24.2. The van der Waals surface area contributed by atoms with Crippen LogP contribution in [0.3, 0.4) is 0 Å². The van der Waals surface area contributed by atoms with Crippen LogP contribution in [0.2, 0.25) is 5.02 Å².